The van der Waals surface area contributed by atoms with Crippen molar-refractivity contribution in [2.75, 3.05) is 18.4 Å². The molecule has 34 heavy (non-hydrogen) atoms. The molecule has 0 unspecified atom stereocenters. The van der Waals surface area contributed by atoms with Crippen LogP contribution < -0.4 is 5.32 Å². The first-order valence-corrected chi connectivity index (χ1v) is 12.8. The second-order valence-electron chi connectivity index (χ2n) is 8.45. The summed E-state index contributed by atoms with van der Waals surface area (Å²) in [5.41, 5.74) is 3.05. The summed E-state index contributed by atoms with van der Waals surface area (Å²) < 4.78 is 42.1. The quantitative estimate of drug-likeness (QED) is 0.540. The van der Waals surface area contributed by atoms with E-state index in [9.17, 15) is 17.6 Å². The number of anilines is 1. The lowest BCUT2D eigenvalue weighted by Gasteiger charge is -2.30. The Balaban J connectivity index is 1.39. The van der Waals surface area contributed by atoms with E-state index in [0.29, 0.717) is 35.8 Å². The van der Waals surface area contributed by atoms with Crippen LogP contribution in [0, 0.1) is 25.6 Å². The standard InChI is InChI=1S/C24H26ClFN4O3S/c1-16-23(17(2)30(28-16)15-18-3-7-21(26)8-4-18)27-24(31)19-11-13-29(14-12-19)34(32,33)22-9-5-20(25)6-10-22/h3-10,19H,11-15H2,1-2H3,(H,27,31). The van der Waals surface area contributed by atoms with Gasteiger partial charge in [-0.25, -0.2) is 12.8 Å². The van der Waals surface area contributed by atoms with Crippen molar-refractivity contribution in [2.45, 2.75) is 38.1 Å². The van der Waals surface area contributed by atoms with Gasteiger partial charge in [-0.3, -0.25) is 9.48 Å². The van der Waals surface area contributed by atoms with Gasteiger partial charge in [-0.1, -0.05) is 23.7 Å². The van der Waals surface area contributed by atoms with Crippen LogP contribution in [0.4, 0.5) is 10.1 Å². The van der Waals surface area contributed by atoms with Crippen LogP contribution in [0.2, 0.25) is 5.02 Å². The first-order valence-electron chi connectivity index (χ1n) is 11.0. The predicted molar refractivity (Wildman–Crippen MR) is 129 cm³/mol. The van der Waals surface area contributed by atoms with Gasteiger partial charge in [0.2, 0.25) is 15.9 Å². The molecular formula is C24H26ClFN4O3S. The zero-order valence-corrected chi connectivity index (χ0v) is 20.5. The molecule has 180 valence electrons. The third-order valence-corrected chi connectivity index (χ3v) is 8.32. The van der Waals surface area contributed by atoms with E-state index in [0.717, 1.165) is 11.3 Å². The maximum absolute atomic E-state index is 13.2. The van der Waals surface area contributed by atoms with Crippen molar-refractivity contribution in [1.82, 2.24) is 14.1 Å². The lowest BCUT2D eigenvalue weighted by atomic mass is 9.97. The van der Waals surface area contributed by atoms with Crippen molar-refractivity contribution in [1.29, 1.82) is 0 Å². The topological polar surface area (TPSA) is 84.3 Å². The largest absolute Gasteiger partial charge is 0.323 e. The Hall–Kier alpha value is -2.75. The minimum atomic E-state index is -3.62. The molecule has 1 aliphatic heterocycles. The molecule has 2 aromatic carbocycles. The number of nitrogens with zero attached hydrogens (tertiary/aromatic N) is 3. The molecule has 1 N–H and O–H groups in total. The number of aromatic nitrogens is 2. The molecule has 1 aromatic heterocycles. The van der Waals surface area contributed by atoms with Gasteiger partial charge < -0.3 is 5.32 Å². The maximum Gasteiger partial charge on any atom is 0.243 e. The van der Waals surface area contributed by atoms with E-state index in [2.05, 4.69) is 10.4 Å². The number of rotatable bonds is 6. The van der Waals surface area contributed by atoms with Crippen LogP contribution in [0.1, 0.15) is 29.8 Å². The SMILES string of the molecule is Cc1nn(Cc2ccc(F)cc2)c(C)c1NC(=O)C1CCN(S(=O)(=O)c2ccc(Cl)cc2)CC1. The zero-order chi connectivity index (χ0) is 24.5. The molecule has 0 radical (unpaired) electrons. The van der Waals surface area contributed by atoms with Crippen molar-refractivity contribution < 1.29 is 17.6 Å². The van der Waals surface area contributed by atoms with Crippen LogP contribution in [0.5, 0.6) is 0 Å². The Kier molecular flexibility index (Phi) is 7.06. The summed E-state index contributed by atoms with van der Waals surface area (Å²) in [6.07, 6.45) is 0.862. The molecule has 1 amide bonds. The molecule has 0 aliphatic carbocycles. The van der Waals surface area contributed by atoms with E-state index >= 15 is 0 Å². The number of carbonyl (C=O) groups excluding carboxylic acids is 1. The molecule has 0 saturated carbocycles. The zero-order valence-electron chi connectivity index (χ0n) is 19.0. The van der Waals surface area contributed by atoms with Crippen LogP contribution in [0.25, 0.3) is 0 Å². The molecule has 1 fully saturated rings. The summed E-state index contributed by atoms with van der Waals surface area (Å²) in [7, 11) is -3.62. The highest BCUT2D eigenvalue weighted by atomic mass is 35.5. The van der Waals surface area contributed by atoms with Crippen LogP contribution in [-0.2, 0) is 21.4 Å². The summed E-state index contributed by atoms with van der Waals surface area (Å²) in [4.78, 5) is 13.2. The normalized spacial score (nSPS) is 15.4. The van der Waals surface area contributed by atoms with Gasteiger partial charge in [-0.2, -0.15) is 9.40 Å². The number of carbonyl (C=O) groups is 1. The van der Waals surface area contributed by atoms with E-state index in [1.807, 2.05) is 13.8 Å². The number of amides is 1. The molecule has 0 bridgehead atoms. The molecule has 10 heteroatoms. The highest BCUT2D eigenvalue weighted by Crippen LogP contribution is 2.27. The summed E-state index contributed by atoms with van der Waals surface area (Å²) in [6, 6.07) is 12.3. The smallest absolute Gasteiger partial charge is 0.243 e. The molecule has 4 rings (SSSR count). The van der Waals surface area contributed by atoms with Crippen molar-refractivity contribution in [3.63, 3.8) is 0 Å². The number of hydrogen-bond acceptors (Lipinski definition) is 4. The summed E-state index contributed by atoms with van der Waals surface area (Å²) in [6.45, 7) is 4.70. The van der Waals surface area contributed by atoms with Crippen molar-refractivity contribution in [2.24, 2.45) is 5.92 Å². The number of piperidine rings is 1. The Labute approximate surface area is 203 Å². The highest BCUT2D eigenvalue weighted by molar-refractivity contribution is 7.89. The number of nitrogens with one attached hydrogen (secondary N) is 1. The lowest BCUT2D eigenvalue weighted by molar-refractivity contribution is -0.120. The molecule has 0 atom stereocenters. The van der Waals surface area contributed by atoms with E-state index in [1.165, 1.54) is 28.6 Å². The minimum absolute atomic E-state index is 0.143. The average Bonchev–Trinajstić information content (AvgIpc) is 3.08. The van der Waals surface area contributed by atoms with Crippen LogP contribution in [0.15, 0.2) is 53.4 Å². The van der Waals surface area contributed by atoms with Gasteiger partial charge in [0.15, 0.2) is 0 Å². The fraction of sp³-hybridized carbons (Fsp3) is 0.333. The second kappa shape index (κ2) is 9.85. The van der Waals surface area contributed by atoms with E-state index in [1.54, 1.807) is 28.9 Å². The molecule has 3 aromatic rings. The maximum atomic E-state index is 13.2. The van der Waals surface area contributed by atoms with Crippen LogP contribution in [0.3, 0.4) is 0 Å². The first kappa shape index (κ1) is 24.4. The highest BCUT2D eigenvalue weighted by Gasteiger charge is 2.32. The van der Waals surface area contributed by atoms with Gasteiger partial charge in [0.1, 0.15) is 5.82 Å². The Morgan fingerprint density at radius 3 is 2.32 bits per heavy atom. The summed E-state index contributed by atoms with van der Waals surface area (Å²) in [5.74, 6) is -0.732. The number of sulfonamides is 1. The third kappa shape index (κ3) is 5.16. The Morgan fingerprint density at radius 1 is 1.09 bits per heavy atom. The van der Waals surface area contributed by atoms with Crippen LogP contribution >= 0.6 is 11.6 Å². The average molecular weight is 505 g/mol. The fourth-order valence-electron chi connectivity index (χ4n) is 4.13. The van der Waals surface area contributed by atoms with Crippen molar-refractivity contribution >= 4 is 33.2 Å². The molecule has 1 aliphatic rings. The van der Waals surface area contributed by atoms with Crippen molar-refractivity contribution in [3.05, 3.63) is 76.3 Å². The van der Waals surface area contributed by atoms with Crippen LogP contribution in [-0.4, -0.2) is 41.5 Å². The molecular weight excluding hydrogens is 479 g/mol. The number of benzene rings is 2. The van der Waals surface area contributed by atoms with Gasteiger partial charge in [0.05, 0.1) is 28.5 Å². The first-order chi connectivity index (χ1) is 16.1. The van der Waals surface area contributed by atoms with E-state index in [4.69, 9.17) is 11.6 Å². The van der Waals surface area contributed by atoms with Gasteiger partial charge in [0, 0.05) is 24.0 Å². The van der Waals surface area contributed by atoms with Gasteiger partial charge >= 0.3 is 0 Å². The number of halogens is 2. The fourth-order valence-corrected chi connectivity index (χ4v) is 5.73. The van der Waals surface area contributed by atoms with Crippen molar-refractivity contribution in [3.8, 4) is 0 Å². The van der Waals surface area contributed by atoms with Gasteiger partial charge in [0.25, 0.3) is 0 Å². The predicted octanol–water partition coefficient (Wildman–Crippen LogP) is 4.38. The summed E-state index contributed by atoms with van der Waals surface area (Å²) >= 11 is 5.87. The molecule has 1 saturated heterocycles. The number of aryl methyl sites for hydroxylation is 1. The molecule has 0 spiro atoms. The van der Waals surface area contributed by atoms with Gasteiger partial charge in [-0.15, -0.1) is 0 Å². The molecule has 2 heterocycles. The Bertz CT molecular complexity index is 1280. The third-order valence-electron chi connectivity index (χ3n) is 6.15. The molecule has 7 nitrogen and oxygen atoms in total. The number of hydrogen-bond donors (Lipinski definition) is 1. The monoisotopic (exact) mass is 504 g/mol. The second-order valence-corrected chi connectivity index (χ2v) is 10.8. The minimum Gasteiger partial charge on any atom is -0.323 e. The summed E-state index contributed by atoms with van der Waals surface area (Å²) in [5, 5.41) is 7.98. The Morgan fingerprint density at radius 2 is 1.71 bits per heavy atom. The lowest BCUT2D eigenvalue weighted by Crippen LogP contribution is -2.41. The van der Waals surface area contributed by atoms with E-state index < -0.39 is 10.0 Å². The van der Waals surface area contributed by atoms with Gasteiger partial charge in [-0.05, 0) is 68.7 Å². The van der Waals surface area contributed by atoms with E-state index in [-0.39, 0.29) is 35.6 Å².